The minimum absolute atomic E-state index is 0.0439. The Labute approximate surface area is 197 Å². The average Bonchev–Trinajstić information content (AvgIpc) is 3.22. The molecule has 0 bridgehead atoms. The molecular formula is C25H30F2N4O3. The second-order valence-corrected chi connectivity index (χ2v) is 8.78. The van der Waals surface area contributed by atoms with Gasteiger partial charge in [0, 0.05) is 31.8 Å². The molecule has 182 valence electrons. The summed E-state index contributed by atoms with van der Waals surface area (Å²) in [6.45, 7) is 7.02. The number of hydrogen-bond donors (Lipinski definition) is 1. The Bertz CT molecular complexity index is 1130. The molecule has 1 amide bonds. The van der Waals surface area contributed by atoms with Crippen molar-refractivity contribution in [3.63, 3.8) is 0 Å². The number of fused-ring (bicyclic) bond motifs is 1. The molecule has 0 aliphatic carbocycles. The molecule has 0 radical (unpaired) electrons. The van der Waals surface area contributed by atoms with Crippen molar-refractivity contribution >= 4 is 16.9 Å². The number of carbonyl (C=O) groups excluding carboxylic acids is 1. The summed E-state index contributed by atoms with van der Waals surface area (Å²) in [7, 11) is 1.63. The molecule has 2 atom stereocenters. The molecule has 3 aromatic rings. The van der Waals surface area contributed by atoms with Crippen molar-refractivity contribution in [2.75, 3.05) is 40.0 Å². The molecule has 1 aromatic heterocycles. The van der Waals surface area contributed by atoms with Gasteiger partial charge in [-0.15, -0.1) is 0 Å². The fraction of sp³-hybridized carbons (Fsp3) is 0.440. The van der Waals surface area contributed by atoms with Crippen molar-refractivity contribution in [1.29, 1.82) is 0 Å². The fourth-order valence-electron chi connectivity index (χ4n) is 4.47. The number of rotatable bonds is 8. The van der Waals surface area contributed by atoms with E-state index < -0.39 is 17.7 Å². The number of hydrogen-bond acceptors (Lipinski definition) is 5. The molecule has 0 saturated carbocycles. The van der Waals surface area contributed by atoms with Crippen LogP contribution in [0, 0.1) is 17.6 Å². The van der Waals surface area contributed by atoms with Crippen molar-refractivity contribution < 1.29 is 23.0 Å². The number of amides is 1. The number of aromatic nitrogens is 2. The second kappa shape index (κ2) is 10.5. The van der Waals surface area contributed by atoms with Gasteiger partial charge >= 0.3 is 0 Å². The lowest BCUT2D eigenvalue weighted by Gasteiger charge is -2.35. The Morgan fingerprint density at radius 3 is 2.47 bits per heavy atom. The lowest BCUT2D eigenvalue weighted by molar-refractivity contribution is -0.125. The van der Waals surface area contributed by atoms with Crippen LogP contribution >= 0.6 is 0 Å². The van der Waals surface area contributed by atoms with E-state index in [-0.39, 0.29) is 17.9 Å². The summed E-state index contributed by atoms with van der Waals surface area (Å²) in [5.41, 5.74) is 1.75. The Kier molecular flexibility index (Phi) is 7.43. The fourth-order valence-corrected chi connectivity index (χ4v) is 4.47. The van der Waals surface area contributed by atoms with Crippen molar-refractivity contribution in [2.24, 2.45) is 5.92 Å². The maximum absolute atomic E-state index is 13.9. The monoisotopic (exact) mass is 472 g/mol. The first kappa shape index (κ1) is 24.1. The molecule has 1 aliphatic rings. The highest BCUT2D eigenvalue weighted by Crippen LogP contribution is 2.27. The second-order valence-electron chi connectivity index (χ2n) is 8.78. The molecule has 1 fully saturated rings. The Morgan fingerprint density at radius 2 is 1.82 bits per heavy atom. The summed E-state index contributed by atoms with van der Waals surface area (Å²) in [6.07, 6.45) is 1.47. The van der Waals surface area contributed by atoms with Crippen molar-refractivity contribution in [1.82, 2.24) is 19.8 Å². The number of morpholine rings is 1. The summed E-state index contributed by atoms with van der Waals surface area (Å²) >= 11 is 0. The van der Waals surface area contributed by atoms with Gasteiger partial charge in [0.05, 0.1) is 43.7 Å². The topological polar surface area (TPSA) is 68.6 Å². The van der Waals surface area contributed by atoms with Gasteiger partial charge in [0.15, 0.2) is 11.6 Å². The van der Waals surface area contributed by atoms with E-state index in [9.17, 15) is 13.6 Å². The maximum Gasteiger partial charge on any atom is 0.243 e. The van der Waals surface area contributed by atoms with Crippen LogP contribution in [0.1, 0.15) is 31.5 Å². The predicted molar refractivity (Wildman–Crippen MR) is 125 cm³/mol. The summed E-state index contributed by atoms with van der Waals surface area (Å²) < 4.78 is 40.0. The maximum atomic E-state index is 13.9. The molecule has 1 N–H and O–H groups in total. The van der Waals surface area contributed by atoms with Crippen molar-refractivity contribution in [3.05, 3.63) is 59.9 Å². The number of nitrogens with one attached hydrogen (secondary N) is 1. The van der Waals surface area contributed by atoms with E-state index in [1.165, 1.54) is 6.33 Å². The standard InChI is InChI=1S/C25H30F2N4O3/c1-16(2)24(31-15-29-21-12-19(26)20(27)13-22(21)31)25(32)28-14-23(30-8-10-34-11-9-30)17-4-6-18(33-3)7-5-17/h4-7,12-13,15-16,23-24H,8-11,14H2,1-3H3,(H,28,32). The van der Waals surface area contributed by atoms with Crippen LogP contribution in [0.5, 0.6) is 5.75 Å². The first-order valence-electron chi connectivity index (χ1n) is 11.4. The van der Waals surface area contributed by atoms with E-state index in [0.29, 0.717) is 30.8 Å². The molecule has 2 unspecified atom stereocenters. The van der Waals surface area contributed by atoms with Gasteiger partial charge in [-0.05, 0) is 23.6 Å². The van der Waals surface area contributed by atoms with E-state index in [2.05, 4.69) is 15.2 Å². The van der Waals surface area contributed by atoms with Gasteiger partial charge < -0.3 is 19.4 Å². The Morgan fingerprint density at radius 1 is 1.15 bits per heavy atom. The number of imidazole rings is 1. The lowest BCUT2D eigenvalue weighted by atomic mass is 10.0. The van der Waals surface area contributed by atoms with E-state index in [0.717, 1.165) is 36.5 Å². The summed E-state index contributed by atoms with van der Waals surface area (Å²) in [5.74, 6) is -1.47. The van der Waals surface area contributed by atoms with Gasteiger partial charge in [-0.1, -0.05) is 26.0 Å². The quantitative estimate of drug-likeness (QED) is 0.541. The number of methoxy groups -OCH3 is 1. The zero-order valence-corrected chi connectivity index (χ0v) is 19.6. The number of nitrogens with zero attached hydrogens (tertiary/aromatic N) is 3. The van der Waals surface area contributed by atoms with Crippen LogP contribution in [-0.2, 0) is 9.53 Å². The molecule has 1 aliphatic heterocycles. The van der Waals surface area contributed by atoms with Crippen LogP contribution in [0.3, 0.4) is 0 Å². The first-order chi connectivity index (χ1) is 16.4. The van der Waals surface area contributed by atoms with Crippen LogP contribution in [-0.4, -0.2) is 60.3 Å². The number of benzene rings is 2. The van der Waals surface area contributed by atoms with Gasteiger partial charge in [-0.3, -0.25) is 9.69 Å². The Balaban J connectivity index is 1.57. The lowest BCUT2D eigenvalue weighted by Crippen LogP contribution is -2.45. The number of ether oxygens (including phenoxy) is 2. The first-order valence-corrected chi connectivity index (χ1v) is 11.4. The highest BCUT2D eigenvalue weighted by atomic mass is 19.2. The SMILES string of the molecule is COc1ccc(C(CNC(=O)C(C(C)C)n2cnc3cc(F)c(F)cc32)N2CCOCC2)cc1. The third-order valence-electron chi connectivity index (χ3n) is 6.27. The number of halogens is 2. The highest BCUT2D eigenvalue weighted by Gasteiger charge is 2.29. The molecule has 2 heterocycles. The van der Waals surface area contributed by atoms with Gasteiger partial charge in [0.1, 0.15) is 11.8 Å². The Hall–Kier alpha value is -3.04. The van der Waals surface area contributed by atoms with Crippen LogP contribution in [0.4, 0.5) is 8.78 Å². The minimum atomic E-state index is -0.968. The normalized spacial score (nSPS) is 16.5. The molecule has 0 spiro atoms. The van der Waals surface area contributed by atoms with Gasteiger partial charge in [0.2, 0.25) is 5.91 Å². The minimum Gasteiger partial charge on any atom is -0.497 e. The van der Waals surface area contributed by atoms with E-state index in [4.69, 9.17) is 9.47 Å². The molecule has 9 heteroatoms. The van der Waals surface area contributed by atoms with Crippen molar-refractivity contribution in [3.8, 4) is 5.75 Å². The van der Waals surface area contributed by atoms with Crippen molar-refractivity contribution in [2.45, 2.75) is 25.9 Å². The van der Waals surface area contributed by atoms with Crippen LogP contribution in [0.2, 0.25) is 0 Å². The highest BCUT2D eigenvalue weighted by molar-refractivity contribution is 5.84. The van der Waals surface area contributed by atoms with Gasteiger partial charge in [0.25, 0.3) is 0 Å². The number of carbonyl (C=O) groups is 1. The molecule has 34 heavy (non-hydrogen) atoms. The average molecular weight is 473 g/mol. The van der Waals surface area contributed by atoms with E-state index in [1.54, 1.807) is 11.7 Å². The van der Waals surface area contributed by atoms with Crippen LogP contribution in [0.25, 0.3) is 11.0 Å². The summed E-state index contributed by atoms with van der Waals surface area (Å²) in [6, 6.07) is 9.30. The van der Waals surface area contributed by atoms with Gasteiger partial charge in [-0.2, -0.15) is 0 Å². The molecule has 4 rings (SSSR count). The third kappa shape index (κ3) is 5.05. The van der Waals surface area contributed by atoms with Crippen LogP contribution < -0.4 is 10.1 Å². The smallest absolute Gasteiger partial charge is 0.243 e. The molecule has 7 nitrogen and oxygen atoms in total. The zero-order chi connectivity index (χ0) is 24.2. The predicted octanol–water partition coefficient (Wildman–Crippen LogP) is 3.71. The zero-order valence-electron chi connectivity index (χ0n) is 19.6. The summed E-state index contributed by atoms with van der Waals surface area (Å²) in [5, 5.41) is 3.10. The van der Waals surface area contributed by atoms with E-state index >= 15 is 0 Å². The van der Waals surface area contributed by atoms with Crippen LogP contribution in [0.15, 0.2) is 42.7 Å². The summed E-state index contributed by atoms with van der Waals surface area (Å²) in [4.78, 5) is 19.9. The van der Waals surface area contributed by atoms with Gasteiger partial charge in [-0.25, -0.2) is 13.8 Å². The van der Waals surface area contributed by atoms with E-state index in [1.807, 2.05) is 38.1 Å². The third-order valence-corrected chi connectivity index (χ3v) is 6.27. The molecular weight excluding hydrogens is 442 g/mol. The molecule has 2 aromatic carbocycles. The molecule has 1 saturated heterocycles. The largest absolute Gasteiger partial charge is 0.497 e.